The second-order valence-corrected chi connectivity index (χ2v) is 6.96. The SMILES string of the molecule is COc1nn(-c2cnccn2)cc1C(=O)Nc1cccc(-c2nnc(C)n2C(C)C)n1. The van der Waals surface area contributed by atoms with E-state index in [1.165, 1.54) is 30.4 Å². The topological polar surface area (TPSA) is 126 Å². The minimum absolute atomic E-state index is 0.162. The number of aromatic nitrogens is 8. The van der Waals surface area contributed by atoms with Gasteiger partial charge in [-0.15, -0.1) is 15.3 Å². The van der Waals surface area contributed by atoms with Crippen molar-refractivity contribution in [2.75, 3.05) is 12.4 Å². The molecule has 4 aromatic rings. The van der Waals surface area contributed by atoms with Crippen molar-refractivity contribution in [2.45, 2.75) is 26.8 Å². The predicted molar refractivity (Wildman–Crippen MR) is 112 cm³/mol. The summed E-state index contributed by atoms with van der Waals surface area (Å²) in [6.07, 6.45) is 6.15. The van der Waals surface area contributed by atoms with Crippen LogP contribution in [-0.2, 0) is 0 Å². The average molecular weight is 419 g/mol. The van der Waals surface area contributed by atoms with Gasteiger partial charge in [0.05, 0.1) is 13.3 Å². The van der Waals surface area contributed by atoms with Gasteiger partial charge in [0.15, 0.2) is 11.6 Å². The first-order valence-corrected chi connectivity index (χ1v) is 9.58. The molecule has 0 atom stereocenters. The lowest BCUT2D eigenvalue weighted by atomic mass is 10.3. The third kappa shape index (κ3) is 3.97. The molecule has 0 bridgehead atoms. The zero-order chi connectivity index (χ0) is 22.0. The number of ether oxygens (including phenoxy) is 1. The number of methoxy groups -OCH3 is 1. The maximum atomic E-state index is 12.9. The van der Waals surface area contributed by atoms with Crippen LogP contribution in [0.2, 0.25) is 0 Å². The highest BCUT2D eigenvalue weighted by atomic mass is 16.5. The third-order valence-corrected chi connectivity index (χ3v) is 4.51. The van der Waals surface area contributed by atoms with E-state index in [0.29, 0.717) is 23.2 Å². The average Bonchev–Trinajstić information content (AvgIpc) is 3.38. The summed E-state index contributed by atoms with van der Waals surface area (Å²) < 4.78 is 8.68. The lowest BCUT2D eigenvalue weighted by Crippen LogP contribution is -2.14. The number of carbonyl (C=O) groups is 1. The Kier molecular flexibility index (Phi) is 5.39. The van der Waals surface area contributed by atoms with Crippen LogP contribution in [0.4, 0.5) is 5.82 Å². The van der Waals surface area contributed by atoms with Crippen molar-refractivity contribution in [3.8, 4) is 23.2 Å². The molecule has 0 aliphatic rings. The standard InChI is InChI=1S/C20H21N9O2/c1-12(2)29-13(3)25-26-18(29)15-6-5-7-16(23-15)24-19(30)14-11-28(27-20(14)31-4)17-10-21-8-9-22-17/h5-12H,1-4H3,(H,23,24,30). The molecule has 31 heavy (non-hydrogen) atoms. The molecule has 0 aromatic carbocycles. The van der Waals surface area contributed by atoms with E-state index in [1.807, 2.05) is 31.4 Å². The number of hydrogen-bond acceptors (Lipinski definition) is 8. The van der Waals surface area contributed by atoms with Crippen molar-refractivity contribution in [1.82, 2.24) is 39.5 Å². The molecule has 0 saturated carbocycles. The summed E-state index contributed by atoms with van der Waals surface area (Å²) in [6.45, 7) is 5.99. The maximum absolute atomic E-state index is 12.9. The quantitative estimate of drug-likeness (QED) is 0.505. The van der Waals surface area contributed by atoms with E-state index in [2.05, 4.69) is 35.6 Å². The number of nitrogens with zero attached hydrogens (tertiary/aromatic N) is 8. The molecule has 0 aliphatic heterocycles. The molecule has 4 rings (SSSR count). The van der Waals surface area contributed by atoms with Gasteiger partial charge in [-0.25, -0.2) is 14.6 Å². The normalized spacial score (nSPS) is 11.0. The first-order chi connectivity index (χ1) is 15.0. The molecule has 11 heteroatoms. The van der Waals surface area contributed by atoms with E-state index in [4.69, 9.17) is 4.74 Å². The summed E-state index contributed by atoms with van der Waals surface area (Å²) in [6, 6.07) is 5.49. The van der Waals surface area contributed by atoms with E-state index < -0.39 is 5.91 Å². The van der Waals surface area contributed by atoms with Crippen LogP contribution in [-0.4, -0.2) is 52.5 Å². The summed E-state index contributed by atoms with van der Waals surface area (Å²) in [7, 11) is 1.44. The van der Waals surface area contributed by atoms with E-state index in [-0.39, 0.29) is 17.5 Å². The summed E-state index contributed by atoms with van der Waals surface area (Å²) in [5.74, 6) is 2.00. The van der Waals surface area contributed by atoms with Gasteiger partial charge in [-0.2, -0.15) is 0 Å². The van der Waals surface area contributed by atoms with Gasteiger partial charge < -0.3 is 14.6 Å². The molecule has 4 heterocycles. The van der Waals surface area contributed by atoms with Crippen LogP contribution in [0, 0.1) is 6.92 Å². The Morgan fingerprint density at radius 1 is 1.19 bits per heavy atom. The summed E-state index contributed by atoms with van der Waals surface area (Å²) in [4.78, 5) is 25.6. The van der Waals surface area contributed by atoms with Crippen molar-refractivity contribution in [2.24, 2.45) is 0 Å². The number of anilines is 1. The molecule has 158 valence electrons. The first-order valence-electron chi connectivity index (χ1n) is 9.58. The fraction of sp³-hybridized carbons (Fsp3) is 0.250. The van der Waals surface area contributed by atoms with Crippen LogP contribution >= 0.6 is 0 Å². The number of nitrogens with one attached hydrogen (secondary N) is 1. The fourth-order valence-electron chi connectivity index (χ4n) is 3.17. The highest BCUT2D eigenvalue weighted by Gasteiger charge is 2.20. The second-order valence-electron chi connectivity index (χ2n) is 6.96. The van der Waals surface area contributed by atoms with Crippen LogP contribution in [0.15, 0.2) is 43.0 Å². The number of rotatable bonds is 6. The Labute approximate surface area is 178 Å². The Hall–Kier alpha value is -4.15. The van der Waals surface area contributed by atoms with Gasteiger partial charge in [0, 0.05) is 24.6 Å². The van der Waals surface area contributed by atoms with Crippen molar-refractivity contribution in [3.63, 3.8) is 0 Å². The number of hydrogen-bond donors (Lipinski definition) is 1. The molecule has 11 nitrogen and oxygen atoms in total. The molecule has 0 fully saturated rings. The molecule has 4 aromatic heterocycles. The number of aryl methyl sites for hydroxylation is 1. The molecule has 0 unspecified atom stereocenters. The van der Waals surface area contributed by atoms with Crippen LogP contribution in [0.5, 0.6) is 5.88 Å². The fourth-order valence-corrected chi connectivity index (χ4v) is 3.17. The zero-order valence-electron chi connectivity index (χ0n) is 17.5. The Bertz CT molecular complexity index is 1210. The lowest BCUT2D eigenvalue weighted by molar-refractivity contribution is 0.102. The molecule has 0 saturated heterocycles. The second kappa shape index (κ2) is 8.30. The predicted octanol–water partition coefficient (Wildman–Crippen LogP) is 2.47. The highest BCUT2D eigenvalue weighted by Crippen LogP contribution is 2.23. The monoisotopic (exact) mass is 419 g/mol. The Morgan fingerprint density at radius 3 is 2.74 bits per heavy atom. The van der Waals surface area contributed by atoms with Crippen molar-refractivity contribution in [1.29, 1.82) is 0 Å². The maximum Gasteiger partial charge on any atom is 0.263 e. The summed E-state index contributed by atoms with van der Waals surface area (Å²) >= 11 is 0. The molecule has 0 spiro atoms. The first kappa shape index (κ1) is 20.1. The van der Waals surface area contributed by atoms with Crippen molar-refractivity contribution in [3.05, 3.63) is 54.4 Å². The summed E-state index contributed by atoms with van der Waals surface area (Å²) in [5, 5.41) is 15.4. The smallest absolute Gasteiger partial charge is 0.263 e. The third-order valence-electron chi connectivity index (χ3n) is 4.51. The van der Waals surface area contributed by atoms with Gasteiger partial charge in [0.2, 0.25) is 5.88 Å². The van der Waals surface area contributed by atoms with Crippen molar-refractivity contribution < 1.29 is 9.53 Å². The highest BCUT2D eigenvalue weighted by molar-refractivity contribution is 6.05. The van der Waals surface area contributed by atoms with Crippen molar-refractivity contribution >= 4 is 11.7 Å². The molecular formula is C20H21N9O2. The number of carbonyl (C=O) groups excluding carboxylic acids is 1. The lowest BCUT2D eigenvalue weighted by Gasteiger charge is -2.12. The molecule has 0 aliphatic carbocycles. The van der Waals surface area contributed by atoms with Gasteiger partial charge in [-0.05, 0) is 32.9 Å². The molecule has 1 amide bonds. The minimum atomic E-state index is -0.418. The van der Waals surface area contributed by atoms with Crippen LogP contribution in [0.1, 0.15) is 36.1 Å². The molecule has 1 N–H and O–H groups in total. The van der Waals surface area contributed by atoms with E-state index in [0.717, 1.165) is 5.82 Å². The van der Waals surface area contributed by atoms with Gasteiger partial charge >= 0.3 is 0 Å². The minimum Gasteiger partial charge on any atom is -0.479 e. The largest absolute Gasteiger partial charge is 0.479 e. The molecular weight excluding hydrogens is 398 g/mol. The number of amides is 1. The zero-order valence-corrected chi connectivity index (χ0v) is 17.5. The Balaban J connectivity index is 1.62. The van der Waals surface area contributed by atoms with Crippen LogP contribution in [0.3, 0.4) is 0 Å². The van der Waals surface area contributed by atoms with E-state index in [9.17, 15) is 4.79 Å². The Morgan fingerprint density at radius 2 is 2.03 bits per heavy atom. The van der Waals surface area contributed by atoms with E-state index in [1.54, 1.807) is 18.3 Å². The summed E-state index contributed by atoms with van der Waals surface area (Å²) in [5.41, 5.74) is 0.843. The van der Waals surface area contributed by atoms with Crippen LogP contribution < -0.4 is 10.1 Å². The van der Waals surface area contributed by atoms with Gasteiger partial charge in [-0.3, -0.25) is 9.78 Å². The van der Waals surface area contributed by atoms with E-state index >= 15 is 0 Å². The van der Waals surface area contributed by atoms with Gasteiger partial charge in [0.1, 0.15) is 22.9 Å². The van der Waals surface area contributed by atoms with Gasteiger partial charge in [0.25, 0.3) is 5.91 Å². The number of pyridine rings is 1. The molecule has 0 radical (unpaired) electrons. The van der Waals surface area contributed by atoms with Gasteiger partial charge in [-0.1, -0.05) is 6.07 Å². The van der Waals surface area contributed by atoms with Crippen LogP contribution in [0.25, 0.3) is 17.3 Å².